The molecule has 6 N–H and O–H groups in total. The van der Waals surface area contributed by atoms with Gasteiger partial charge in [0.25, 0.3) is 0 Å². The number of rotatable bonds is 3. The molecule has 0 aliphatic heterocycles. The summed E-state index contributed by atoms with van der Waals surface area (Å²) in [6.07, 6.45) is 1.30. The lowest BCUT2D eigenvalue weighted by molar-refractivity contribution is 0.371. The number of hydrogen-bond acceptors (Lipinski definition) is 6. The van der Waals surface area contributed by atoms with Gasteiger partial charge in [-0.2, -0.15) is 0 Å². The zero-order valence-electron chi connectivity index (χ0n) is 10.2. The van der Waals surface area contributed by atoms with Crippen LogP contribution in [0.5, 0.6) is 0 Å². The molecule has 0 aromatic carbocycles. The van der Waals surface area contributed by atoms with Gasteiger partial charge in [0.05, 0.1) is 0 Å². The average molecular weight is 239 g/mol. The highest BCUT2D eigenvalue weighted by Gasteiger charge is 2.11. The molecule has 0 spiro atoms. The lowest BCUT2D eigenvalue weighted by Crippen LogP contribution is -2.31. The third kappa shape index (κ3) is 5.30. The highest BCUT2D eigenvalue weighted by Crippen LogP contribution is 1.92. The fourth-order valence-electron chi connectivity index (χ4n) is 0.931. The van der Waals surface area contributed by atoms with Crippen molar-refractivity contribution < 1.29 is 10.0 Å². The number of pyridine rings is 1. The van der Waals surface area contributed by atoms with Crippen molar-refractivity contribution in [1.82, 2.24) is 10.1 Å². The van der Waals surface area contributed by atoms with Crippen LogP contribution in [0.2, 0.25) is 0 Å². The molecule has 0 saturated heterocycles. The molecular formula is C9H18BN5O2. The van der Waals surface area contributed by atoms with Gasteiger partial charge in [-0.15, -0.1) is 5.10 Å². The van der Waals surface area contributed by atoms with Crippen LogP contribution in [0.1, 0.15) is 19.5 Å². The minimum absolute atomic E-state index is 0.152. The van der Waals surface area contributed by atoms with Crippen molar-refractivity contribution in [1.29, 1.82) is 0 Å². The van der Waals surface area contributed by atoms with Gasteiger partial charge in [-0.05, 0) is 6.07 Å². The van der Waals surface area contributed by atoms with E-state index in [2.05, 4.69) is 10.1 Å². The number of hydrogen-bond donors (Lipinski definition) is 4. The number of hydrazone groups is 1. The summed E-state index contributed by atoms with van der Waals surface area (Å²) in [5.74, 6) is 5.42. The lowest BCUT2D eigenvalue weighted by Gasteiger charge is -2.06. The quantitative estimate of drug-likeness (QED) is 0.162. The topological polar surface area (TPSA) is 121 Å². The monoisotopic (exact) mass is 239 g/mol. The molecule has 1 aromatic rings. The Bertz CT molecular complexity index is 353. The van der Waals surface area contributed by atoms with Crippen molar-refractivity contribution >= 4 is 18.4 Å². The largest absolute Gasteiger partial charge is 0.490 e. The maximum Gasteiger partial charge on any atom is 0.490 e. The van der Waals surface area contributed by atoms with Gasteiger partial charge >= 0.3 is 7.12 Å². The van der Waals surface area contributed by atoms with Crippen molar-refractivity contribution in [2.45, 2.75) is 13.8 Å². The normalized spacial score (nSPS) is 10.4. The maximum atomic E-state index is 8.82. The molecule has 0 radical (unpaired) electrons. The standard InChI is InChI=1S/C7H12BN5O2.C2H6/c1-13(10)12-7(9)6-3-2-5(4-11-6)8(14)15;1-2/h2-4,14-15H,10H2,1H3,(H2,9,12);1-2H3. The molecule has 8 heteroatoms. The molecule has 0 aliphatic rings. The molecule has 0 amide bonds. The van der Waals surface area contributed by atoms with E-state index >= 15 is 0 Å². The molecule has 94 valence electrons. The van der Waals surface area contributed by atoms with E-state index in [-0.39, 0.29) is 11.3 Å². The van der Waals surface area contributed by atoms with Crippen LogP contribution in [0.25, 0.3) is 0 Å². The number of amidine groups is 1. The Morgan fingerprint density at radius 1 is 1.41 bits per heavy atom. The number of hydrazine groups is 1. The van der Waals surface area contributed by atoms with Crippen molar-refractivity contribution in [3.63, 3.8) is 0 Å². The molecule has 1 rings (SSSR count). The molecule has 1 heterocycles. The van der Waals surface area contributed by atoms with Gasteiger partial charge in [0.15, 0.2) is 5.84 Å². The molecule has 0 unspecified atom stereocenters. The number of nitrogens with two attached hydrogens (primary N) is 2. The first-order valence-electron chi connectivity index (χ1n) is 5.15. The third-order valence-electron chi connectivity index (χ3n) is 1.61. The Morgan fingerprint density at radius 3 is 2.35 bits per heavy atom. The lowest BCUT2D eigenvalue weighted by atomic mass is 9.82. The maximum absolute atomic E-state index is 8.82. The van der Waals surface area contributed by atoms with Gasteiger partial charge in [-0.1, -0.05) is 19.9 Å². The highest BCUT2D eigenvalue weighted by atomic mass is 16.4. The first-order valence-corrected chi connectivity index (χ1v) is 5.15. The molecule has 0 aliphatic carbocycles. The van der Waals surface area contributed by atoms with E-state index < -0.39 is 7.12 Å². The van der Waals surface area contributed by atoms with E-state index in [1.54, 1.807) is 0 Å². The summed E-state index contributed by atoms with van der Waals surface area (Å²) in [7, 11) is -0.0134. The molecule has 0 saturated carbocycles. The smallest absolute Gasteiger partial charge is 0.423 e. The second-order valence-electron chi connectivity index (χ2n) is 2.91. The second kappa shape index (κ2) is 7.61. The van der Waals surface area contributed by atoms with Crippen molar-refractivity contribution in [2.75, 3.05) is 7.05 Å². The Hall–Kier alpha value is -1.64. The third-order valence-corrected chi connectivity index (χ3v) is 1.61. The van der Waals surface area contributed by atoms with E-state index in [1.807, 2.05) is 13.8 Å². The summed E-state index contributed by atoms with van der Waals surface area (Å²) in [5, 5.41) is 22.5. The zero-order chi connectivity index (χ0) is 13.4. The van der Waals surface area contributed by atoms with Crippen LogP contribution in [-0.4, -0.2) is 40.2 Å². The van der Waals surface area contributed by atoms with Gasteiger partial charge in [0.2, 0.25) is 0 Å². The summed E-state index contributed by atoms with van der Waals surface area (Å²) >= 11 is 0. The molecule has 17 heavy (non-hydrogen) atoms. The fourth-order valence-corrected chi connectivity index (χ4v) is 0.931. The fraction of sp³-hybridized carbons (Fsp3) is 0.333. The number of nitrogens with zero attached hydrogens (tertiary/aromatic N) is 3. The minimum Gasteiger partial charge on any atom is -0.423 e. The Balaban J connectivity index is 0.00000121. The molecular weight excluding hydrogens is 221 g/mol. The SMILES string of the molecule is CC.CN(N)/N=C(\N)c1ccc(B(O)O)cn1. The van der Waals surface area contributed by atoms with Gasteiger partial charge < -0.3 is 15.8 Å². The first kappa shape index (κ1) is 15.4. The van der Waals surface area contributed by atoms with Crippen LogP contribution in [0.15, 0.2) is 23.4 Å². The van der Waals surface area contributed by atoms with E-state index in [4.69, 9.17) is 21.6 Å². The molecule has 0 fully saturated rings. The van der Waals surface area contributed by atoms with Gasteiger partial charge in [-0.25, -0.2) is 11.0 Å². The highest BCUT2D eigenvalue weighted by molar-refractivity contribution is 6.58. The molecule has 0 atom stereocenters. The summed E-state index contributed by atoms with van der Waals surface area (Å²) in [4.78, 5) is 3.89. The van der Waals surface area contributed by atoms with Crippen LogP contribution in [0.3, 0.4) is 0 Å². The van der Waals surface area contributed by atoms with Crippen molar-refractivity contribution in [3.05, 3.63) is 24.0 Å². The Morgan fingerprint density at radius 2 is 2.00 bits per heavy atom. The average Bonchev–Trinajstić information content (AvgIpc) is 2.31. The van der Waals surface area contributed by atoms with E-state index in [1.165, 1.54) is 25.4 Å². The number of aromatic nitrogens is 1. The van der Waals surface area contributed by atoms with Crippen LogP contribution < -0.4 is 17.0 Å². The van der Waals surface area contributed by atoms with Gasteiger partial charge in [0, 0.05) is 18.7 Å². The van der Waals surface area contributed by atoms with Crippen LogP contribution in [0, 0.1) is 0 Å². The summed E-state index contributed by atoms with van der Waals surface area (Å²) < 4.78 is 0. The summed E-state index contributed by atoms with van der Waals surface area (Å²) in [6, 6.07) is 3.02. The van der Waals surface area contributed by atoms with E-state index in [9.17, 15) is 0 Å². The van der Waals surface area contributed by atoms with Crippen LogP contribution in [-0.2, 0) is 0 Å². The van der Waals surface area contributed by atoms with Gasteiger partial charge in [-0.3, -0.25) is 4.98 Å². The van der Waals surface area contributed by atoms with E-state index in [0.717, 1.165) is 5.12 Å². The van der Waals surface area contributed by atoms with Gasteiger partial charge in [0.1, 0.15) is 5.69 Å². The second-order valence-corrected chi connectivity index (χ2v) is 2.91. The van der Waals surface area contributed by atoms with Crippen molar-refractivity contribution in [3.8, 4) is 0 Å². The Kier molecular flexibility index (Phi) is 6.88. The van der Waals surface area contributed by atoms with Crippen LogP contribution in [0.4, 0.5) is 0 Å². The molecule has 1 aromatic heterocycles. The first-order chi connectivity index (χ1) is 8.00. The van der Waals surface area contributed by atoms with Crippen molar-refractivity contribution in [2.24, 2.45) is 16.7 Å². The molecule has 7 nitrogen and oxygen atoms in total. The summed E-state index contributed by atoms with van der Waals surface area (Å²) in [6.45, 7) is 4.00. The zero-order valence-corrected chi connectivity index (χ0v) is 10.2. The molecule has 0 bridgehead atoms. The summed E-state index contributed by atoms with van der Waals surface area (Å²) in [5.41, 5.74) is 6.26. The predicted molar refractivity (Wildman–Crippen MR) is 68.1 cm³/mol. The Labute approximate surface area is 101 Å². The predicted octanol–water partition coefficient (Wildman–Crippen LogP) is -1.79. The van der Waals surface area contributed by atoms with E-state index in [0.29, 0.717) is 5.69 Å². The van der Waals surface area contributed by atoms with Crippen LogP contribution >= 0.6 is 0 Å². The minimum atomic E-state index is -1.54.